The van der Waals surface area contributed by atoms with Crippen molar-refractivity contribution in [2.75, 3.05) is 26.7 Å². The minimum absolute atomic E-state index is 0.511. The van der Waals surface area contributed by atoms with Crippen LogP contribution in [0.15, 0.2) is 24.3 Å². The Morgan fingerprint density at radius 1 is 1.28 bits per heavy atom. The van der Waals surface area contributed by atoms with Gasteiger partial charge in [-0.3, -0.25) is 4.90 Å². The van der Waals surface area contributed by atoms with Gasteiger partial charge in [-0.25, -0.2) is 0 Å². The van der Waals surface area contributed by atoms with Crippen molar-refractivity contribution >= 4 is 22.6 Å². The summed E-state index contributed by atoms with van der Waals surface area (Å²) in [6.07, 6.45) is 2.65. The molecule has 0 bridgehead atoms. The molecule has 1 aromatic rings. The second-order valence-electron chi connectivity index (χ2n) is 5.36. The molecule has 0 radical (unpaired) electrons. The van der Waals surface area contributed by atoms with E-state index in [1.165, 1.54) is 41.6 Å². The molecule has 3 heteroatoms. The summed E-state index contributed by atoms with van der Waals surface area (Å²) in [5.41, 5.74) is 1.42. The van der Waals surface area contributed by atoms with E-state index in [4.69, 9.17) is 0 Å². The van der Waals surface area contributed by atoms with E-state index in [9.17, 15) is 0 Å². The molecule has 0 saturated carbocycles. The van der Waals surface area contributed by atoms with Crippen LogP contribution in [-0.2, 0) is 0 Å². The van der Waals surface area contributed by atoms with E-state index in [1.807, 2.05) is 0 Å². The maximum absolute atomic E-state index is 3.44. The minimum Gasteiger partial charge on any atom is -0.317 e. The van der Waals surface area contributed by atoms with Gasteiger partial charge in [0.15, 0.2) is 0 Å². The van der Waals surface area contributed by atoms with Crippen LogP contribution in [0, 0.1) is 9.49 Å². The Balaban J connectivity index is 1.91. The summed E-state index contributed by atoms with van der Waals surface area (Å²) in [5.74, 6) is 0.863. The van der Waals surface area contributed by atoms with Gasteiger partial charge in [0.05, 0.1) is 0 Å². The number of benzene rings is 1. The molecule has 1 heterocycles. The van der Waals surface area contributed by atoms with Crippen LogP contribution < -0.4 is 5.32 Å². The molecular weight excluding hydrogens is 335 g/mol. The number of halogens is 1. The van der Waals surface area contributed by atoms with Gasteiger partial charge >= 0.3 is 0 Å². The molecule has 2 nitrogen and oxygen atoms in total. The van der Waals surface area contributed by atoms with Crippen molar-refractivity contribution in [1.29, 1.82) is 0 Å². The molecule has 1 saturated heterocycles. The SMILES string of the molecule is CC(c1ccc(I)cc1)N(C)CC1CCNCC1. The molecule has 18 heavy (non-hydrogen) atoms. The zero-order valence-electron chi connectivity index (χ0n) is 11.3. The van der Waals surface area contributed by atoms with Gasteiger partial charge in [-0.2, -0.15) is 0 Å². The van der Waals surface area contributed by atoms with Crippen LogP contribution in [0.2, 0.25) is 0 Å². The Bertz CT molecular complexity index is 357. The van der Waals surface area contributed by atoms with Crippen molar-refractivity contribution in [3.63, 3.8) is 0 Å². The van der Waals surface area contributed by atoms with Crippen LogP contribution in [0.25, 0.3) is 0 Å². The van der Waals surface area contributed by atoms with Gasteiger partial charge in [0, 0.05) is 16.2 Å². The van der Waals surface area contributed by atoms with Crippen molar-refractivity contribution in [1.82, 2.24) is 10.2 Å². The van der Waals surface area contributed by atoms with Gasteiger partial charge in [0.1, 0.15) is 0 Å². The standard InChI is InChI=1S/C15H23IN2/c1-12(14-3-5-15(16)6-4-14)18(2)11-13-7-9-17-10-8-13/h3-6,12-13,17H,7-11H2,1-2H3. The molecule has 0 aliphatic carbocycles. The van der Waals surface area contributed by atoms with E-state index in [2.05, 4.69) is 71.0 Å². The highest BCUT2D eigenvalue weighted by molar-refractivity contribution is 14.1. The third-order valence-corrected chi connectivity index (χ3v) is 4.74. The van der Waals surface area contributed by atoms with Crippen LogP contribution in [0.1, 0.15) is 31.4 Å². The summed E-state index contributed by atoms with van der Waals surface area (Å²) in [4.78, 5) is 2.50. The molecule has 0 spiro atoms. The molecule has 1 fully saturated rings. The molecular formula is C15H23IN2. The number of hydrogen-bond donors (Lipinski definition) is 1. The van der Waals surface area contributed by atoms with Crippen molar-refractivity contribution < 1.29 is 0 Å². The van der Waals surface area contributed by atoms with Crippen LogP contribution >= 0.6 is 22.6 Å². The first-order valence-corrected chi connectivity index (χ1v) is 7.91. The smallest absolute Gasteiger partial charge is 0.0316 e. The van der Waals surface area contributed by atoms with E-state index < -0.39 is 0 Å². The lowest BCUT2D eigenvalue weighted by Gasteiger charge is -2.31. The van der Waals surface area contributed by atoms with Crippen molar-refractivity contribution in [2.24, 2.45) is 5.92 Å². The fourth-order valence-electron chi connectivity index (χ4n) is 2.63. The lowest BCUT2D eigenvalue weighted by Crippen LogP contribution is -2.35. The summed E-state index contributed by atoms with van der Waals surface area (Å²) in [6, 6.07) is 9.42. The number of piperidine rings is 1. The van der Waals surface area contributed by atoms with Crippen LogP contribution in [-0.4, -0.2) is 31.6 Å². The molecule has 2 rings (SSSR count). The molecule has 1 unspecified atom stereocenters. The molecule has 0 amide bonds. The highest BCUT2D eigenvalue weighted by atomic mass is 127. The predicted octanol–water partition coefficient (Wildman–Crippen LogP) is 3.28. The van der Waals surface area contributed by atoms with Gasteiger partial charge in [-0.05, 0) is 86.1 Å². The van der Waals surface area contributed by atoms with E-state index in [0.29, 0.717) is 6.04 Å². The molecule has 1 aliphatic heterocycles. The third kappa shape index (κ3) is 3.93. The summed E-state index contributed by atoms with van der Waals surface area (Å²) < 4.78 is 1.31. The first-order valence-electron chi connectivity index (χ1n) is 6.83. The van der Waals surface area contributed by atoms with E-state index in [1.54, 1.807) is 0 Å². The summed E-state index contributed by atoms with van der Waals surface area (Å²) in [6.45, 7) is 5.91. The third-order valence-electron chi connectivity index (χ3n) is 4.02. The van der Waals surface area contributed by atoms with E-state index in [0.717, 1.165) is 5.92 Å². The van der Waals surface area contributed by atoms with Gasteiger partial charge in [0.25, 0.3) is 0 Å². The number of nitrogens with zero attached hydrogens (tertiary/aromatic N) is 1. The second kappa shape index (κ2) is 6.87. The molecule has 1 N–H and O–H groups in total. The molecule has 1 atom stereocenters. The first-order chi connectivity index (χ1) is 8.66. The highest BCUT2D eigenvalue weighted by Crippen LogP contribution is 2.22. The lowest BCUT2D eigenvalue weighted by atomic mass is 9.96. The highest BCUT2D eigenvalue weighted by Gasteiger charge is 2.18. The normalized spacial score (nSPS) is 19.1. The maximum Gasteiger partial charge on any atom is 0.0316 e. The Kier molecular flexibility index (Phi) is 5.45. The van der Waals surface area contributed by atoms with Gasteiger partial charge in [0.2, 0.25) is 0 Å². The van der Waals surface area contributed by atoms with Crippen molar-refractivity contribution in [2.45, 2.75) is 25.8 Å². The Labute approximate surface area is 124 Å². The minimum atomic E-state index is 0.511. The van der Waals surface area contributed by atoms with E-state index in [-0.39, 0.29) is 0 Å². The van der Waals surface area contributed by atoms with E-state index >= 15 is 0 Å². The molecule has 100 valence electrons. The topological polar surface area (TPSA) is 15.3 Å². The predicted molar refractivity (Wildman–Crippen MR) is 85.8 cm³/mol. The number of nitrogens with one attached hydrogen (secondary N) is 1. The average molecular weight is 358 g/mol. The van der Waals surface area contributed by atoms with Crippen molar-refractivity contribution in [3.8, 4) is 0 Å². The zero-order chi connectivity index (χ0) is 13.0. The monoisotopic (exact) mass is 358 g/mol. The van der Waals surface area contributed by atoms with Crippen LogP contribution in [0.3, 0.4) is 0 Å². The fourth-order valence-corrected chi connectivity index (χ4v) is 2.99. The fraction of sp³-hybridized carbons (Fsp3) is 0.600. The number of hydrogen-bond acceptors (Lipinski definition) is 2. The van der Waals surface area contributed by atoms with Gasteiger partial charge in [-0.15, -0.1) is 0 Å². The van der Waals surface area contributed by atoms with Crippen LogP contribution in [0.4, 0.5) is 0 Å². The molecule has 1 aromatic carbocycles. The maximum atomic E-state index is 3.44. The Morgan fingerprint density at radius 2 is 1.89 bits per heavy atom. The van der Waals surface area contributed by atoms with Crippen molar-refractivity contribution in [3.05, 3.63) is 33.4 Å². The second-order valence-corrected chi connectivity index (χ2v) is 6.61. The number of rotatable bonds is 4. The summed E-state index contributed by atoms with van der Waals surface area (Å²) >= 11 is 2.36. The molecule has 0 aromatic heterocycles. The largest absolute Gasteiger partial charge is 0.317 e. The van der Waals surface area contributed by atoms with Gasteiger partial charge in [-0.1, -0.05) is 12.1 Å². The summed E-state index contributed by atoms with van der Waals surface area (Å²) in [5, 5.41) is 3.44. The lowest BCUT2D eigenvalue weighted by molar-refractivity contribution is 0.196. The Morgan fingerprint density at radius 3 is 2.50 bits per heavy atom. The average Bonchev–Trinajstić information content (AvgIpc) is 2.40. The van der Waals surface area contributed by atoms with Gasteiger partial charge < -0.3 is 5.32 Å². The quantitative estimate of drug-likeness (QED) is 0.831. The van der Waals surface area contributed by atoms with Crippen LogP contribution in [0.5, 0.6) is 0 Å². The first kappa shape index (κ1) is 14.3. The zero-order valence-corrected chi connectivity index (χ0v) is 13.5. The Hall–Kier alpha value is -0.130. The molecule has 1 aliphatic rings. The summed E-state index contributed by atoms with van der Waals surface area (Å²) in [7, 11) is 2.25.